The monoisotopic (exact) mass is 357 g/mol. The molecule has 1 aromatic heterocycles. The van der Waals surface area contributed by atoms with Crippen molar-refractivity contribution in [3.8, 4) is 5.75 Å². The fourth-order valence-electron chi connectivity index (χ4n) is 1.49. The van der Waals surface area contributed by atoms with Crippen molar-refractivity contribution in [1.29, 1.82) is 0 Å². The van der Waals surface area contributed by atoms with E-state index in [4.69, 9.17) is 16.3 Å². The Hall–Kier alpha value is -1.60. The van der Waals surface area contributed by atoms with E-state index in [9.17, 15) is 0 Å². The average Bonchev–Trinajstić information content (AvgIpc) is 2.38. The first-order chi connectivity index (χ1) is 9.49. The number of benzene rings is 1. The van der Waals surface area contributed by atoms with Gasteiger partial charge in [0, 0.05) is 18.6 Å². The lowest BCUT2D eigenvalue weighted by Crippen LogP contribution is -2.14. The Morgan fingerprint density at radius 2 is 2.00 bits per heavy atom. The highest BCUT2D eigenvalue weighted by Gasteiger charge is 2.10. The summed E-state index contributed by atoms with van der Waals surface area (Å²) in [6.45, 7) is 0. The van der Waals surface area contributed by atoms with Crippen LogP contribution in [0.2, 0.25) is 5.28 Å². The highest BCUT2D eigenvalue weighted by atomic mass is 79.9. The van der Waals surface area contributed by atoms with Gasteiger partial charge in [0.1, 0.15) is 5.75 Å². The summed E-state index contributed by atoms with van der Waals surface area (Å²) >= 11 is 9.30. The van der Waals surface area contributed by atoms with Gasteiger partial charge in [0.25, 0.3) is 0 Å². The minimum atomic E-state index is 0.125. The van der Waals surface area contributed by atoms with E-state index in [-0.39, 0.29) is 5.28 Å². The van der Waals surface area contributed by atoms with Crippen LogP contribution in [-0.4, -0.2) is 36.2 Å². The summed E-state index contributed by atoms with van der Waals surface area (Å²) in [5, 5.41) is 3.20. The van der Waals surface area contributed by atoms with Gasteiger partial charge in [-0.3, -0.25) is 0 Å². The summed E-state index contributed by atoms with van der Waals surface area (Å²) in [6, 6.07) is 5.59. The first-order valence-corrected chi connectivity index (χ1v) is 6.86. The average molecular weight is 359 g/mol. The number of nitrogens with zero attached hydrogens (tertiary/aromatic N) is 4. The molecule has 2 rings (SSSR count). The van der Waals surface area contributed by atoms with Crippen LogP contribution in [0.4, 0.5) is 17.6 Å². The molecule has 0 amide bonds. The van der Waals surface area contributed by atoms with Gasteiger partial charge in [-0.1, -0.05) is 15.9 Å². The number of rotatable bonds is 4. The predicted octanol–water partition coefficient (Wildman–Crippen LogP) is 3.11. The highest BCUT2D eigenvalue weighted by molar-refractivity contribution is 9.10. The number of methoxy groups -OCH3 is 1. The zero-order chi connectivity index (χ0) is 14.7. The van der Waals surface area contributed by atoms with Crippen molar-refractivity contribution in [1.82, 2.24) is 15.0 Å². The smallest absolute Gasteiger partial charge is 0.233 e. The Balaban J connectivity index is 2.37. The number of nitrogens with one attached hydrogen (secondary N) is 1. The van der Waals surface area contributed by atoms with Crippen molar-refractivity contribution in [2.75, 3.05) is 31.4 Å². The number of aromatic nitrogens is 3. The lowest BCUT2D eigenvalue weighted by atomic mass is 10.3. The van der Waals surface area contributed by atoms with Crippen molar-refractivity contribution >= 4 is 45.1 Å². The summed E-state index contributed by atoms with van der Waals surface area (Å²) in [5.41, 5.74) is 0.730. The first kappa shape index (κ1) is 14.8. The summed E-state index contributed by atoms with van der Waals surface area (Å²) in [7, 11) is 5.25. The third-order valence-electron chi connectivity index (χ3n) is 2.40. The van der Waals surface area contributed by atoms with Crippen LogP contribution in [0.1, 0.15) is 0 Å². The maximum atomic E-state index is 5.90. The van der Waals surface area contributed by atoms with Crippen molar-refractivity contribution in [2.24, 2.45) is 0 Å². The van der Waals surface area contributed by atoms with Crippen LogP contribution < -0.4 is 15.0 Å². The lowest BCUT2D eigenvalue weighted by Gasteiger charge is -2.13. The Morgan fingerprint density at radius 3 is 2.65 bits per heavy atom. The second kappa shape index (κ2) is 6.23. The third kappa shape index (κ3) is 3.49. The summed E-state index contributed by atoms with van der Waals surface area (Å²) in [6.07, 6.45) is 0. The van der Waals surface area contributed by atoms with Crippen LogP contribution in [-0.2, 0) is 0 Å². The van der Waals surface area contributed by atoms with E-state index in [2.05, 4.69) is 36.2 Å². The quantitative estimate of drug-likeness (QED) is 0.906. The second-order valence-corrected chi connectivity index (χ2v) is 5.35. The molecule has 6 nitrogen and oxygen atoms in total. The van der Waals surface area contributed by atoms with E-state index >= 15 is 0 Å². The molecular formula is C12H13BrClN5O. The topological polar surface area (TPSA) is 63.2 Å². The molecule has 0 atom stereocenters. The molecule has 0 radical (unpaired) electrons. The molecule has 1 N–H and O–H groups in total. The second-order valence-electron chi connectivity index (χ2n) is 4.09. The highest BCUT2D eigenvalue weighted by Crippen LogP contribution is 2.30. The first-order valence-electron chi connectivity index (χ1n) is 5.69. The maximum absolute atomic E-state index is 5.90. The van der Waals surface area contributed by atoms with Crippen LogP contribution >= 0.6 is 27.5 Å². The predicted molar refractivity (Wildman–Crippen MR) is 83.1 cm³/mol. The van der Waals surface area contributed by atoms with Gasteiger partial charge in [0.05, 0.1) is 12.8 Å². The SMILES string of the molecule is COc1ccc(Br)cc1Nc1nc(Cl)nc(N(C)C)n1. The van der Waals surface area contributed by atoms with Gasteiger partial charge in [-0.05, 0) is 29.8 Å². The van der Waals surface area contributed by atoms with Gasteiger partial charge in [-0.25, -0.2) is 0 Å². The molecule has 8 heteroatoms. The van der Waals surface area contributed by atoms with E-state index in [0.717, 1.165) is 10.2 Å². The standard InChI is InChI=1S/C12H13BrClN5O/c1-19(2)12-17-10(14)16-11(18-12)15-8-6-7(13)4-5-9(8)20-3/h4-6H,1-3H3,(H,15,16,17,18). The van der Waals surface area contributed by atoms with E-state index in [1.807, 2.05) is 32.3 Å². The lowest BCUT2D eigenvalue weighted by molar-refractivity contribution is 0.416. The Labute approximate surface area is 130 Å². The molecule has 0 bridgehead atoms. The molecule has 0 unspecified atom stereocenters. The molecule has 1 aromatic carbocycles. The van der Waals surface area contributed by atoms with E-state index in [1.165, 1.54) is 0 Å². The number of hydrogen-bond donors (Lipinski definition) is 1. The molecule has 20 heavy (non-hydrogen) atoms. The van der Waals surface area contributed by atoms with Crippen LogP contribution in [0, 0.1) is 0 Å². The Morgan fingerprint density at radius 1 is 1.25 bits per heavy atom. The van der Waals surface area contributed by atoms with Crippen LogP contribution in [0.5, 0.6) is 5.75 Å². The van der Waals surface area contributed by atoms with Gasteiger partial charge in [0.2, 0.25) is 17.2 Å². The zero-order valence-electron chi connectivity index (χ0n) is 11.2. The summed E-state index contributed by atoms with van der Waals surface area (Å²) in [5.74, 6) is 1.50. The molecule has 0 aliphatic carbocycles. The Kier molecular flexibility index (Phi) is 4.61. The molecule has 0 saturated carbocycles. The molecule has 2 aromatic rings. The van der Waals surface area contributed by atoms with Crippen LogP contribution in [0.25, 0.3) is 0 Å². The minimum absolute atomic E-state index is 0.125. The number of ether oxygens (including phenoxy) is 1. The molecule has 1 heterocycles. The summed E-state index contributed by atoms with van der Waals surface area (Å²) in [4.78, 5) is 14.1. The number of anilines is 3. The number of hydrogen-bond acceptors (Lipinski definition) is 6. The minimum Gasteiger partial charge on any atom is -0.495 e. The van der Waals surface area contributed by atoms with Gasteiger partial charge in [0.15, 0.2) is 0 Å². The van der Waals surface area contributed by atoms with Crippen molar-refractivity contribution in [3.05, 3.63) is 28.0 Å². The fraction of sp³-hybridized carbons (Fsp3) is 0.250. The molecular weight excluding hydrogens is 346 g/mol. The van der Waals surface area contributed by atoms with Gasteiger partial charge < -0.3 is 15.0 Å². The third-order valence-corrected chi connectivity index (χ3v) is 3.07. The maximum Gasteiger partial charge on any atom is 0.233 e. The van der Waals surface area contributed by atoms with Gasteiger partial charge in [-0.15, -0.1) is 0 Å². The van der Waals surface area contributed by atoms with Gasteiger partial charge >= 0.3 is 0 Å². The van der Waals surface area contributed by atoms with E-state index in [0.29, 0.717) is 17.6 Å². The van der Waals surface area contributed by atoms with Crippen LogP contribution in [0.3, 0.4) is 0 Å². The van der Waals surface area contributed by atoms with Crippen molar-refractivity contribution in [3.63, 3.8) is 0 Å². The van der Waals surface area contributed by atoms with E-state index in [1.54, 1.807) is 12.0 Å². The Bertz CT molecular complexity index is 623. The largest absolute Gasteiger partial charge is 0.495 e. The molecule has 0 fully saturated rings. The van der Waals surface area contributed by atoms with Gasteiger partial charge in [-0.2, -0.15) is 15.0 Å². The summed E-state index contributed by atoms with van der Waals surface area (Å²) < 4.78 is 6.19. The van der Waals surface area contributed by atoms with Crippen molar-refractivity contribution < 1.29 is 4.74 Å². The normalized spacial score (nSPS) is 10.2. The van der Waals surface area contributed by atoms with Crippen LogP contribution in [0.15, 0.2) is 22.7 Å². The molecule has 0 aliphatic heterocycles. The molecule has 106 valence electrons. The van der Waals surface area contributed by atoms with Crippen molar-refractivity contribution in [2.45, 2.75) is 0 Å². The molecule has 0 spiro atoms. The molecule has 0 aliphatic rings. The fourth-order valence-corrected chi connectivity index (χ4v) is 2.01. The van der Waals surface area contributed by atoms with E-state index < -0.39 is 0 Å². The number of halogens is 2. The molecule has 0 saturated heterocycles. The zero-order valence-corrected chi connectivity index (χ0v) is 13.5.